The molecule has 0 bridgehead atoms. The summed E-state index contributed by atoms with van der Waals surface area (Å²) in [6.07, 6.45) is 0. The van der Waals surface area contributed by atoms with Crippen molar-refractivity contribution in [2.24, 2.45) is 0 Å². The van der Waals surface area contributed by atoms with Gasteiger partial charge in [-0.15, -0.1) is 0 Å². The molecule has 0 aliphatic rings. The van der Waals surface area contributed by atoms with E-state index in [-0.39, 0.29) is 27.7 Å². The van der Waals surface area contributed by atoms with E-state index in [0.29, 0.717) is 10.6 Å². The molecule has 0 radical (unpaired) electrons. The zero-order valence-electron chi connectivity index (χ0n) is 15.1. The quantitative estimate of drug-likeness (QED) is 0.531. The van der Waals surface area contributed by atoms with Crippen LogP contribution < -0.4 is 10.0 Å². The van der Waals surface area contributed by atoms with E-state index in [4.69, 9.17) is 23.2 Å². The van der Waals surface area contributed by atoms with Crippen molar-refractivity contribution < 1.29 is 22.0 Å². The van der Waals surface area contributed by atoms with Crippen LogP contribution in [0.2, 0.25) is 10.0 Å². The lowest BCUT2D eigenvalue weighted by Crippen LogP contribution is -2.23. The summed E-state index contributed by atoms with van der Waals surface area (Å²) in [5.41, 5.74) is -0.0723. The molecule has 0 spiro atoms. The monoisotopic (exact) mass is 470 g/mol. The highest BCUT2D eigenvalue weighted by Gasteiger charge is 2.19. The number of halogens is 4. The summed E-state index contributed by atoms with van der Waals surface area (Å²) < 4.78 is 55.3. The average Bonchev–Trinajstić information content (AvgIpc) is 2.69. The number of nitrogens with one attached hydrogen (secondary N) is 2. The van der Waals surface area contributed by atoms with Crippen molar-refractivity contribution in [3.8, 4) is 0 Å². The molecule has 0 unspecified atom stereocenters. The smallest absolute Gasteiger partial charge is 0.258 e. The molecule has 3 aromatic rings. The Morgan fingerprint density at radius 2 is 1.67 bits per heavy atom. The van der Waals surface area contributed by atoms with Gasteiger partial charge in [0.2, 0.25) is 10.0 Å². The van der Waals surface area contributed by atoms with Crippen LogP contribution in [0.1, 0.15) is 15.9 Å². The normalized spacial score (nSPS) is 11.3. The molecule has 0 saturated carbocycles. The SMILES string of the molecule is O=C(Nc1ccc(S(=O)(=O)NCc2ccc(Cl)cc2Cl)cc1F)c1ccccc1F. The number of hydrogen-bond donors (Lipinski definition) is 2. The lowest BCUT2D eigenvalue weighted by molar-refractivity contribution is 0.102. The molecular formula is C20H14Cl2F2N2O3S. The van der Waals surface area contributed by atoms with E-state index in [0.717, 1.165) is 24.3 Å². The number of rotatable bonds is 6. The Balaban J connectivity index is 1.75. The van der Waals surface area contributed by atoms with E-state index in [1.54, 1.807) is 12.1 Å². The molecule has 0 fully saturated rings. The van der Waals surface area contributed by atoms with Gasteiger partial charge in [-0.05, 0) is 48.0 Å². The maximum atomic E-state index is 14.4. The van der Waals surface area contributed by atoms with Gasteiger partial charge >= 0.3 is 0 Å². The highest BCUT2D eigenvalue weighted by atomic mass is 35.5. The zero-order valence-corrected chi connectivity index (χ0v) is 17.5. The first-order valence-corrected chi connectivity index (χ1v) is 10.7. The standard InChI is InChI=1S/C20H14Cl2F2N2O3S/c21-13-6-5-12(16(22)9-13)11-25-30(28,29)14-7-8-19(18(24)10-14)26-20(27)15-3-1-2-4-17(15)23/h1-10,25H,11H2,(H,26,27). The van der Waals surface area contributed by atoms with Crippen LogP contribution in [0.5, 0.6) is 0 Å². The molecule has 156 valence electrons. The average molecular weight is 471 g/mol. The molecule has 5 nitrogen and oxygen atoms in total. The summed E-state index contributed by atoms with van der Waals surface area (Å²) in [7, 11) is -4.07. The van der Waals surface area contributed by atoms with E-state index in [1.807, 2.05) is 0 Å². The Kier molecular flexibility index (Phi) is 6.72. The number of carbonyl (C=O) groups is 1. The summed E-state index contributed by atoms with van der Waals surface area (Å²) in [5, 5.41) is 2.90. The van der Waals surface area contributed by atoms with Crippen molar-refractivity contribution in [3.63, 3.8) is 0 Å². The van der Waals surface area contributed by atoms with Crippen molar-refractivity contribution in [2.75, 3.05) is 5.32 Å². The largest absolute Gasteiger partial charge is 0.319 e. The van der Waals surface area contributed by atoms with Crippen molar-refractivity contribution >= 4 is 44.8 Å². The first-order chi connectivity index (χ1) is 14.2. The first kappa shape index (κ1) is 22.2. The van der Waals surface area contributed by atoms with E-state index < -0.39 is 27.6 Å². The molecule has 2 N–H and O–H groups in total. The van der Waals surface area contributed by atoms with Crippen molar-refractivity contribution in [3.05, 3.63) is 93.5 Å². The summed E-state index contributed by atoms with van der Waals surface area (Å²) in [6, 6.07) is 12.8. The van der Waals surface area contributed by atoms with Gasteiger partial charge in [0.15, 0.2) is 0 Å². The third-order valence-corrected chi connectivity index (χ3v) is 6.07. The van der Waals surface area contributed by atoms with E-state index in [2.05, 4.69) is 10.0 Å². The van der Waals surface area contributed by atoms with Gasteiger partial charge in [0.05, 0.1) is 16.1 Å². The highest BCUT2D eigenvalue weighted by molar-refractivity contribution is 7.89. The van der Waals surface area contributed by atoms with Gasteiger partial charge in [-0.1, -0.05) is 41.4 Å². The third kappa shape index (κ3) is 5.14. The fourth-order valence-electron chi connectivity index (χ4n) is 2.52. The van der Waals surface area contributed by atoms with Crippen LogP contribution in [0, 0.1) is 11.6 Å². The molecule has 3 rings (SSSR count). The van der Waals surface area contributed by atoms with Crippen molar-refractivity contribution in [1.82, 2.24) is 4.72 Å². The number of sulfonamides is 1. The second-order valence-electron chi connectivity index (χ2n) is 6.14. The number of amides is 1. The lowest BCUT2D eigenvalue weighted by atomic mass is 10.2. The van der Waals surface area contributed by atoms with Gasteiger partial charge < -0.3 is 5.32 Å². The minimum Gasteiger partial charge on any atom is -0.319 e. The Labute approximate surface area is 181 Å². The minimum absolute atomic E-state index is 0.133. The second kappa shape index (κ2) is 9.09. The molecule has 30 heavy (non-hydrogen) atoms. The van der Waals surface area contributed by atoms with E-state index >= 15 is 0 Å². The highest BCUT2D eigenvalue weighted by Crippen LogP contribution is 2.23. The Morgan fingerprint density at radius 1 is 0.933 bits per heavy atom. The maximum Gasteiger partial charge on any atom is 0.258 e. The van der Waals surface area contributed by atoms with Crippen LogP contribution in [0.15, 0.2) is 65.6 Å². The molecule has 3 aromatic carbocycles. The molecule has 0 aromatic heterocycles. The van der Waals surface area contributed by atoms with Gasteiger partial charge in [-0.25, -0.2) is 21.9 Å². The third-order valence-electron chi connectivity index (χ3n) is 4.09. The summed E-state index contributed by atoms with van der Waals surface area (Å²) in [6.45, 7) is -0.133. The first-order valence-electron chi connectivity index (χ1n) is 8.46. The maximum absolute atomic E-state index is 14.4. The second-order valence-corrected chi connectivity index (χ2v) is 8.75. The Morgan fingerprint density at radius 3 is 2.33 bits per heavy atom. The van der Waals surface area contributed by atoms with Crippen molar-refractivity contribution in [1.29, 1.82) is 0 Å². The van der Waals surface area contributed by atoms with Crippen LogP contribution >= 0.6 is 23.2 Å². The van der Waals surface area contributed by atoms with Gasteiger partial charge in [0.25, 0.3) is 5.91 Å². The van der Waals surface area contributed by atoms with E-state index in [1.165, 1.54) is 24.3 Å². The number of anilines is 1. The topological polar surface area (TPSA) is 75.3 Å². The fraction of sp³-hybridized carbons (Fsp3) is 0.0500. The minimum atomic E-state index is -4.07. The summed E-state index contributed by atoms with van der Waals surface area (Å²) in [4.78, 5) is 11.8. The summed E-state index contributed by atoms with van der Waals surface area (Å²) in [5.74, 6) is -2.62. The van der Waals surface area contributed by atoms with Gasteiger partial charge in [-0.3, -0.25) is 4.79 Å². The zero-order chi connectivity index (χ0) is 21.9. The molecule has 10 heteroatoms. The molecule has 1 amide bonds. The molecule has 0 aliphatic carbocycles. The molecule has 0 heterocycles. The predicted octanol–water partition coefficient (Wildman–Crippen LogP) is 5.00. The predicted molar refractivity (Wildman–Crippen MR) is 111 cm³/mol. The molecule has 0 atom stereocenters. The molecular weight excluding hydrogens is 457 g/mol. The van der Waals surface area contributed by atoms with Gasteiger partial charge in [-0.2, -0.15) is 0 Å². The number of hydrogen-bond acceptors (Lipinski definition) is 3. The molecule has 0 saturated heterocycles. The van der Waals surface area contributed by atoms with E-state index in [9.17, 15) is 22.0 Å². The van der Waals surface area contributed by atoms with Gasteiger partial charge in [0.1, 0.15) is 11.6 Å². The van der Waals surface area contributed by atoms with Crippen LogP contribution in [0.25, 0.3) is 0 Å². The number of carbonyl (C=O) groups excluding carboxylic acids is 1. The fourth-order valence-corrected chi connectivity index (χ4v) is 4.01. The Bertz CT molecular complexity index is 1220. The summed E-state index contributed by atoms with van der Waals surface area (Å²) >= 11 is 11.8. The van der Waals surface area contributed by atoms with Crippen molar-refractivity contribution in [2.45, 2.75) is 11.4 Å². The Hall–Kier alpha value is -2.52. The van der Waals surface area contributed by atoms with Crippen LogP contribution in [0.4, 0.5) is 14.5 Å². The van der Waals surface area contributed by atoms with Gasteiger partial charge in [0, 0.05) is 16.6 Å². The van der Waals surface area contributed by atoms with Crippen LogP contribution in [-0.4, -0.2) is 14.3 Å². The van der Waals surface area contributed by atoms with Crippen LogP contribution in [0.3, 0.4) is 0 Å². The van der Waals surface area contributed by atoms with Crippen LogP contribution in [-0.2, 0) is 16.6 Å². The number of benzene rings is 3. The lowest BCUT2D eigenvalue weighted by Gasteiger charge is -2.11. The molecule has 0 aliphatic heterocycles.